The van der Waals surface area contributed by atoms with Crippen LogP contribution in [0.25, 0.3) is 0 Å². The van der Waals surface area contributed by atoms with Crippen molar-refractivity contribution in [2.75, 3.05) is 24.8 Å². The summed E-state index contributed by atoms with van der Waals surface area (Å²) < 4.78 is 10.1. The lowest BCUT2D eigenvalue weighted by Gasteiger charge is -2.08. The summed E-state index contributed by atoms with van der Waals surface area (Å²) in [5, 5.41) is 2.66. The number of amides is 1. The highest BCUT2D eigenvalue weighted by Gasteiger charge is 2.08. The molecule has 1 amide bonds. The number of anilines is 1. The molecule has 0 aliphatic carbocycles. The van der Waals surface area contributed by atoms with E-state index < -0.39 is 0 Å². The number of hydrogen-bond donors (Lipinski definition) is 1. The molecule has 0 atom stereocenters. The number of thioether (sulfide) groups is 1. The number of aryl methyl sites for hydroxylation is 1. The standard InChI is InChI=1S/C19H21NO4S/c1-14-6-8-17(9-7-14)25-11-10-19(22)24-13-18(21)20-15-4-3-5-16(12-15)23-2/h3-9,12H,10-11,13H2,1-2H3,(H,20,21). The van der Waals surface area contributed by atoms with E-state index in [2.05, 4.69) is 5.32 Å². The van der Waals surface area contributed by atoms with E-state index in [4.69, 9.17) is 9.47 Å². The second-order valence-corrected chi connectivity index (χ2v) is 6.52. The number of hydrogen-bond acceptors (Lipinski definition) is 5. The fourth-order valence-corrected chi connectivity index (χ4v) is 2.84. The molecule has 0 radical (unpaired) electrons. The molecule has 2 aromatic rings. The molecule has 0 bridgehead atoms. The second-order valence-electron chi connectivity index (χ2n) is 5.35. The minimum atomic E-state index is -0.389. The van der Waals surface area contributed by atoms with Gasteiger partial charge in [-0.25, -0.2) is 0 Å². The summed E-state index contributed by atoms with van der Waals surface area (Å²) in [6.45, 7) is 1.73. The minimum Gasteiger partial charge on any atom is -0.497 e. The minimum absolute atomic E-state index is 0.255. The molecule has 5 nitrogen and oxygen atoms in total. The molecule has 0 unspecified atom stereocenters. The van der Waals surface area contributed by atoms with Crippen molar-refractivity contribution in [1.82, 2.24) is 0 Å². The lowest BCUT2D eigenvalue weighted by atomic mass is 10.2. The van der Waals surface area contributed by atoms with Gasteiger partial charge in [0.05, 0.1) is 13.5 Å². The SMILES string of the molecule is COc1cccc(NC(=O)COC(=O)CCSc2ccc(C)cc2)c1. The molecule has 2 aromatic carbocycles. The Morgan fingerprint density at radius 3 is 2.60 bits per heavy atom. The molecule has 0 saturated heterocycles. The average molecular weight is 359 g/mol. The zero-order chi connectivity index (χ0) is 18.1. The van der Waals surface area contributed by atoms with Crippen LogP contribution in [0.4, 0.5) is 5.69 Å². The summed E-state index contributed by atoms with van der Waals surface area (Å²) in [6, 6.07) is 15.1. The van der Waals surface area contributed by atoms with Gasteiger partial charge in [0.2, 0.25) is 0 Å². The third kappa shape index (κ3) is 6.89. The van der Waals surface area contributed by atoms with Gasteiger partial charge in [0.1, 0.15) is 5.75 Å². The van der Waals surface area contributed by atoms with E-state index in [1.807, 2.05) is 31.2 Å². The molecule has 6 heteroatoms. The summed E-state index contributed by atoms with van der Waals surface area (Å²) in [6.07, 6.45) is 0.255. The Balaban J connectivity index is 1.66. The van der Waals surface area contributed by atoms with Gasteiger partial charge in [-0.1, -0.05) is 23.8 Å². The van der Waals surface area contributed by atoms with Crippen LogP contribution in [0.2, 0.25) is 0 Å². The van der Waals surface area contributed by atoms with Crippen LogP contribution in [0, 0.1) is 6.92 Å². The molecule has 0 fully saturated rings. The maximum Gasteiger partial charge on any atom is 0.307 e. The molecule has 25 heavy (non-hydrogen) atoms. The van der Waals surface area contributed by atoms with Crippen molar-refractivity contribution in [3.63, 3.8) is 0 Å². The highest BCUT2D eigenvalue weighted by atomic mass is 32.2. The third-order valence-corrected chi connectivity index (χ3v) is 4.33. The van der Waals surface area contributed by atoms with E-state index in [0.717, 1.165) is 4.90 Å². The van der Waals surface area contributed by atoms with Crippen LogP contribution in [-0.4, -0.2) is 31.3 Å². The number of ether oxygens (including phenoxy) is 2. The molecule has 0 aromatic heterocycles. The van der Waals surface area contributed by atoms with Crippen LogP contribution >= 0.6 is 11.8 Å². The maximum atomic E-state index is 11.8. The van der Waals surface area contributed by atoms with Crippen molar-refractivity contribution >= 4 is 29.3 Å². The first kappa shape index (κ1) is 18.9. The molecular weight excluding hydrogens is 338 g/mol. The molecule has 2 rings (SSSR count). The highest BCUT2D eigenvalue weighted by molar-refractivity contribution is 7.99. The van der Waals surface area contributed by atoms with Gasteiger partial charge >= 0.3 is 5.97 Å². The number of carbonyl (C=O) groups is 2. The Labute approximate surface area is 151 Å². The van der Waals surface area contributed by atoms with Crippen LogP contribution in [0.3, 0.4) is 0 Å². The van der Waals surface area contributed by atoms with Crippen LogP contribution in [-0.2, 0) is 14.3 Å². The monoisotopic (exact) mass is 359 g/mol. The molecular formula is C19H21NO4S. The molecule has 0 aliphatic rings. The van der Waals surface area contributed by atoms with Gasteiger partial charge in [0.15, 0.2) is 6.61 Å². The summed E-state index contributed by atoms with van der Waals surface area (Å²) in [7, 11) is 1.55. The number of methoxy groups -OCH3 is 1. The molecule has 0 heterocycles. The quantitative estimate of drug-likeness (QED) is 0.575. The van der Waals surface area contributed by atoms with Gasteiger partial charge in [-0.3, -0.25) is 9.59 Å². The number of benzene rings is 2. The van der Waals surface area contributed by atoms with Gasteiger partial charge in [0.25, 0.3) is 5.91 Å². The molecule has 0 spiro atoms. The van der Waals surface area contributed by atoms with Gasteiger partial charge < -0.3 is 14.8 Å². The fourth-order valence-electron chi connectivity index (χ4n) is 2.00. The van der Waals surface area contributed by atoms with Crippen molar-refractivity contribution in [2.45, 2.75) is 18.2 Å². The topological polar surface area (TPSA) is 64.6 Å². The van der Waals surface area contributed by atoms with Crippen molar-refractivity contribution in [2.24, 2.45) is 0 Å². The Morgan fingerprint density at radius 2 is 1.88 bits per heavy atom. The number of nitrogens with one attached hydrogen (secondary N) is 1. The van der Waals surface area contributed by atoms with Gasteiger partial charge in [-0.05, 0) is 31.2 Å². The normalized spacial score (nSPS) is 10.2. The Hall–Kier alpha value is -2.47. The Bertz CT molecular complexity index is 716. The predicted molar refractivity (Wildman–Crippen MR) is 99.1 cm³/mol. The molecule has 1 N–H and O–H groups in total. The Morgan fingerprint density at radius 1 is 1.12 bits per heavy atom. The number of rotatable bonds is 8. The summed E-state index contributed by atoms with van der Waals surface area (Å²) in [5.41, 5.74) is 1.79. The van der Waals surface area contributed by atoms with E-state index in [1.165, 1.54) is 5.56 Å². The van der Waals surface area contributed by atoms with E-state index in [-0.39, 0.29) is 24.9 Å². The van der Waals surface area contributed by atoms with E-state index >= 15 is 0 Å². The summed E-state index contributed by atoms with van der Waals surface area (Å²) >= 11 is 1.58. The van der Waals surface area contributed by atoms with Gasteiger partial charge in [0, 0.05) is 22.4 Å². The third-order valence-electron chi connectivity index (χ3n) is 3.31. The van der Waals surface area contributed by atoms with E-state index in [1.54, 1.807) is 43.1 Å². The zero-order valence-corrected chi connectivity index (χ0v) is 15.1. The van der Waals surface area contributed by atoms with Crippen LogP contribution in [0.15, 0.2) is 53.4 Å². The summed E-state index contributed by atoms with van der Waals surface area (Å²) in [4.78, 5) is 24.6. The van der Waals surface area contributed by atoms with Crippen LogP contribution in [0.5, 0.6) is 5.75 Å². The van der Waals surface area contributed by atoms with Gasteiger partial charge in [-0.15, -0.1) is 11.8 Å². The average Bonchev–Trinajstić information content (AvgIpc) is 2.62. The van der Waals surface area contributed by atoms with E-state index in [0.29, 0.717) is 17.2 Å². The van der Waals surface area contributed by atoms with Crippen molar-refractivity contribution in [3.8, 4) is 5.75 Å². The molecule has 132 valence electrons. The number of carbonyl (C=O) groups excluding carboxylic acids is 2. The van der Waals surface area contributed by atoms with Crippen molar-refractivity contribution in [3.05, 3.63) is 54.1 Å². The lowest BCUT2D eigenvalue weighted by Crippen LogP contribution is -2.21. The number of esters is 1. The summed E-state index contributed by atoms with van der Waals surface area (Å²) in [5.74, 6) is 0.482. The van der Waals surface area contributed by atoms with Crippen molar-refractivity contribution < 1.29 is 19.1 Å². The first-order chi connectivity index (χ1) is 12.1. The maximum absolute atomic E-state index is 11.8. The highest BCUT2D eigenvalue weighted by Crippen LogP contribution is 2.19. The zero-order valence-electron chi connectivity index (χ0n) is 14.3. The second kappa shape index (κ2) is 9.74. The first-order valence-electron chi connectivity index (χ1n) is 7.86. The molecule has 0 saturated carbocycles. The largest absolute Gasteiger partial charge is 0.497 e. The van der Waals surface area contributed by atoms with Crippen LogP contribution in [0.1, 0.15) is 12.0 Å². The molecule has 0 aliphatic heterocycles. The van der Waals surface area contributed by atoms with Crippen LogP contribution < -0.4 is 10.1 Å². The first-order valence-corrected chi connectivity index (χ1v) is 8.84. The predicted octanol–water partition coefficient (Wildman–Crippen LogP) is 3.67. The fraction of sp³-hybridized carbons (Fsp3) is 0.263. The van der Waals surface area contributed by atoms with Crippen molar-refractivity contribution in [1.29, 1.82) is 0 Å². The Kier molecular flexibility index (Phi) is 7.35. The lowest BCUT2D eigenvalue weighted by molar-refractivity contribution is -0.146. The van der Waals surface area contributed by atoms with Gasteiger partial charge in [-0.2, -0.15) is 0 Å². The van der Waals surface area contributed by atoms with E-state index in [9.17, 15) is 9.59 Å². The smallest absolute Gasteiger partial charge is 0.307 e.